The molecule has 0 aliphatic heterocycles. The predicted molar refractivity (Wildman–Crippen MR) is 129 cm³/mol. The fraction of sp³-hybridized carbons (Fsp3) is 0.111. The molecule has 0 saturated heterocycles. The number of H-pyrrole nitrogens is 1. The average Bonchev–Trinajstić information content (AvgIpc) is 3.53. The summed E-state index contributed by atoms with van der Waals surface area (Å²) in [5.74, 6) is 0.0261. The van der Waals surface area contributed by atoms with E-state index in [0.29, 0.717) is 12.2 Å². The molecule has 0 saturated carbocycles. The molecule has 0 spiro atoms. The first-order chi connectivity index (χ1) is 16.6. The number of nitrogens with one attached hydrogen (secondary N) is 2. The first-order valence-corrected chi connectivity index (χ1v) is 10.9. The molecule has 6 nitrogen and oxygen atoms in total. The Balaban J connectivity index is 1.40. The fourth-order valence-electron chi connectivity index (χ4n) is 4.12. The monoisotopic (exact) mass is 454 g/mol. The highest BCUT2D eigenvalue weighted by Gasteiger charge is 2.20. The van der Waals surface area contributed by atoms with Gasteiger partial charge in [-0.15, -0.1) is 0 Å². The van der Waals surface area contributed by atoms with Crippen LogP contribution in [0.1, 0.15) is 27.5 Å². The van der Waals surface area contributed by atoms with E-state index in [2.05, 4.69) is 21.5 Å². The summed E-state index contributed by atoms with van der Waals surface area (Å²) in [6.45, 7) is 0.375. The average molecular weight is 455 g/mol. The lowest BCUT2D eigenvalue weighted by Crippen LogP contribution is -2.29. The van der Waals surface area contributed by atoms with Gasteiger partial charge in [-0.3, -0.25) is 4.79 Å². The molecule has 7 heteroatoms. The minimum Gasteiger partial charge on any atom is -0.497 e. The van der Waals surface area contributed by atoms with E-state index in [1.165, 1.54) is 16.8 Å². The van der Waals surface area contributed by atoms with E-state index in [4.69, 9.17) is 4.74 Å². The number of hydrogen-bond acceptors (Lipinski definition) is 3. The van der Waals surface area contributed by atoms with E-state index < -0.39 is 0 Å². The van der Waals surface area contributed by atoms with Crippen LogP contribution in [0.15, 0.2) is 91.3 Å². The molecule has 0 fully saturated rings. The second kappa shape index (κ2) is 9.23. The highest BCUT2D eigenvalue weighted by molar-refractivity contribution is 5.92. The topological polar surface area (TPSA) is 71.9 Å². The van der Waals surface area contributed by atoms with Crippen LogP contribution in [0.5, 0.6) is 5.75 Å². The number of aromatic amines is 1. The van der Waals surface area contributed by atoms with Gasteiger partial charge in [0.1, 0.15) is 11.6 Å². The lowest BCUT2D eigenvalue weighted by molar-refractivity contribution is 0.0947. The zero-order valence-electron chi connectivity index (χ0n) is 18.5. The Morgan fingerprint density at radius 1 is 1.09 bits per heavy atom. The molecule has 2 heterocycles. The number of benzene rings is 3. The van der Waals surface area contributed by atoms with E-state index in [-0.39, 0.29) is 23.3 Å². The van der Waals surface area contributed by atoms with Crippen molar-refractivity contribution in [3.8, 4) is 11.4 Å². The van der Waals surface area contributed by atoms with Gasteiger partial charge in [-0.1, -0.05) is 36.4 Å². The van der Waals surface area contributed by atoms with Crippen LogP contribution in [0, 0.1) is 5.82 Å². The van der Waals surface area contributed by atoms with Crippen LogP contribution in [0.25, 0.3) is 16.6 Å². The molecule has 0 radical (unpaired) electrons. The molecule has 3 aromatic carbocycles. The van der Waals surface area contributed by atoms with Crippen LogP contribution in [-0.2, 0) is 0 Å². The van der Waals surface area contributed by atoms with Gasteiger partial charge in [0.2, 0.25) is 0 Å². The van der Waals surface area contributed by atoms with Crippen LogP contribution in [0.3, 0.4) is 0 Å². The van der Waals surface area contributed by atoms with Crippen molar-refractivity contribution in [3.63, 3.8) is 0 Å². The zero-order chi connectivity index (χ0) is 23.5. The Morgan fingerprint density at radius 2 is 1.91 bits per heavy atom. The van der Waals surface area contributed by atoms with Gasteiger partial charge in [-0.2, -0.15) is 5.10 Å². The number of methoxy groups -OCH3 is 1. The van der Waals surface area contributed by atoms with Crippen LogP contribution in [0.2, 0.25) is 0 Å². The van der Waals surface area contributed by atoms with Crippen molar-refractivity contribution >= 4 is 16.8 Å². The SMILES string of the molecule is COc1ccc(C(CNC(=O)c2ccn(-c3cccc(F)c3)n2)c2c[nH]c3ccccc23)cc1. The number of hydrogen-bond donors (Lipinski definition) is 2. The summed E-state index contributed by atoms with van der Waals surface area (Å²) in [5, 5.41) is 8.45. The van der Waals surface area contributed by atoms with Crippen LogP contribution in [-0.4, -0.2) is 34.3 Å². The van der Waals surface area contributed by atoms with Crippen LogP contribution >= 0.6 is 0 Å². The third-order valence-electron chi connectivity index (χ3n) is 5.88. The van der Waals surface area contributed by atoms with E-state index in [0.717, 1.165) is 27.8 Å². The van der Waals surface area contributed by atoms with Crippen molar-refractivity contribution < 1.29 is 13.9 Å². The molecule has 5 rings (SSSR count). The maximum atomic E-state index is 13.6. The van der Waals surface area contributed by atoms with Gasteiger partial charge in [-0.25, -0.2) is 9.07 Å². The number of para-hydroxylation sites is 1. The molecular weight excluding hydrogens is 431 g/mol. The van der Waals surface area contributed by atoms with Crippen molar-refractivity contribution in [2.75, 3.05) is 13.7 Å². The maximum Gasteiger partial charge on any atom is 0.271 e. The Morgan fingerprint density at radius 3 is 2.71 bits per heavy atom. The molecule has 170 valence electrons. The normalized spacial score (nSPS) is 11.9. The molecule has 1 unspecified atom stereocenters. The number of ether oxygens (including phenoxy) is 1. The number of rotatable bonds is 7. The lowest BCUT2D eigenvalue weighted by Gasteiger charge is -2.18. The molecule has 2 N–H and O–H groups in total. The van der Waals surface area contributed by atoms with Gasteiger partial charge in [0.05, 0.1) is 12.8 Å². The highest BCUT2D eigenvalue weighted by atomic mass is 19.1. The number of aromatic nitrogens is 3. The number of nitrogens with zero attached hydrogens (tertiary/aromatic N) is 2. The van der Waals surface area contributed by atoms with E-state index >= 15 is 0 Å². The standard InChI is InChI=1S/C27H23FN4O2/c1-34-21-11-9-18(10-12-21)23(24-17-29-25-8-3-2-7-22(24)25)16-30-27(33)26-13-14-32(31-26)20-6-4-5-19(28)15-20/h2-15,17,23,29H,16H2,1H3,(H,30,33). The largest absolute Gasteiger partial charge is 0.497 e. The molecule has 2 aromatic heterocycles. The molecule has 0 aliphatic rings. The van der Waals surface area contributed by atoms with Crippen LogP contribution < -0.4 is 10.1 Å². The lowest BCUT2D eigenvalue weighted by atomic mass is 9.90. The van der Waals surface area contributed by atoms with Gasteiger partial charge in [-0.05, 0) is 53.6 Å². The molecule has 34 heavy (non-hydrogen) atoms. The summed E-state index contributed by atoms with van der Waals surface area (Å²) in [4.78, 5) is 16.3. The number of fused-ring (bicyclic) bond motifs is 1. The van der Waals surface area contributed by atoms with Crippen molar-refractivity contribution in [3.05, 3.63) is 114 Å². The van der Waals surface area contributed by atoms with E-state index in [1.54, 1.807) is 31.5 Å². The van der Waals surface area contributed by atoms with Gasteiger partial charge in [0.25, 0.3) is 5.91 Å². The third kappa shape index (κ3) is 4.28. The predicted octanol–water partition coefficient (Wildman–Crippen LogP) is 5.06. The quantitative estimate of drug-likeness (QED) is 0.361. The summed E-state index contributed by atoms with van der Waals surface area (Å²) < 4.78 is 20.3. The molecular formula is C27H23FN4O2. The van der Waals surface area contributed by atoms with Crippen LogP contribution in [0.4, 0.5) is 4.39 Å². The fourth-order valence-corrected chi connectivity index (χ4v) is 4.12. The summed E-state index contributed by atoms with van der Waals surface area (Å²) in [6, 6.07) is 23.6. The van der Waals surface area contributed by atoms with Crippen molar-refractivity contribution in [2.24, 2.45) is 0 Å². The molecule has 1 amide bonds. The smallest absolute Gasteiger partial charge is 0.271 e. The maximum absolute atomic E-state index is 13.6. The minimum absolute atomic E-state index is 0.0867. The van der Waals surface area contributed by atoms with E-state index in [1.807, 2.05) is 48.7 Å². The zero-order valence-corrected chi connectivity index (χ0v) is 18.5. The first kappa shape index (κ1) is 21.5. The minimum atomic E-state index is -0.361. The first-order valence-electron chi connectivity index (χ1n) is 10.9. The molecule has 1 atom stereocenters. The van der Waals surface area contributed by atoms with Crippen molar-refractivity contribution in [2.45, 2.75) is 5.92 Å². The second-order valence-electron chi connectivity index (χ2n) is 7.95. The second-order valence-corrected chi connectivity index (χ2v) is 7.95. The Hall–Kier alpha value is -4.39. The number of carbonyl (C=O) groups excluding carboxylic acids is 1. The summed E-state index contributed by atoms with van der Waals surface area (Å²) in [7, 11) is 1.63. The third-order valence-corrected chi connectivity index (χ3v) is 5.88. The van der Waals surface area contributed by atoms with Gasteiger partial charge in [0.15, 0.2) is 5.69 Å². The Bertz CT molecular complexity index is 1440. The number of carbonyl (C=O) groups is 1. The molecule has 5 aromatic rings. The van der Waals surface area contributed by atoms with Crippen molar-refractivity contribution in [1.29, 1.82) is 0 Å². The van der Waals surface area contributed by atoms with Gasteiger partial charge < -0.3 is 15.0 Å². The molecule has 0 aliphatic carbocycles. The van der Waals surface area contributed by atoms with E-state index in [9.17, 15) is 9.18 Å². The Labute approximate surface area is 196 Å². The van der Waals surface area contributed by atoms with Gasteiger partial charge in [0, 0.05) is 35.8 Å². The van der Waals surface area contributed by atoms with Crippen molar-refractivity contribution in [1.82, 2.24) is 20.1 Å². The Kier molecular flexibility index (Phi) is 5.82. The summed E-state index contributed by atoms with van der Waals surface area (Å²) in [5.41, 5.74) is 3.99. The number of halogens is 1. The number of amides is 1. The molecule has 0 bridgehead atoms. The highest BCUT2D eigenvalue weighted by Crippen LogP contribution is 2.31. The summed E-state index contributed by atoms with van der Waals surface area (Å²) in [6.07, 6.45) is 3.63. The van der Waals surface area contributed by atoms with Gasteiger partial charge >= 0.3 is 0 Å². The summed E-state index contributed by atoms with van der Waals surface area (Å²) >= 11 is 0.